The first-order valence-electron chi connectivity index (χ1n) is 8.71. The normalized spacial score (nSPS) is 11.6. The highest BCUT2D eigenvalue weighted by Crippen LogP contribution is 2.23. The van der Waals surface area contributed by atoms with E-state index in [1.54, 1.807) is 4.68 Å². The lowest BCUT2D eigenvalue weighted by Gasteiger charge is -2.18. The van der Waals surface area contributed by atoms with E-state index in [4.69, 9.17) is 9.51 Å². The molecule has 0 amide bonds. The molecule has 134 valence electrons. The SMILES string of the molecule is CCCc1nc(N(C)CCc2noc(C(C)C)n2)c2cnn(C)c2n1. The summed E-state index contributed by atoms with van der Waals surface area (Å²) < 4.78 is 7.06. The molecule has 8 nitrogen and oxygen atoms in total. The van der Waals surface area contributed by atoms with Gasteiger partial charge >= 0.3 is 0 Å². The van der Waals surface area contributed by atoms with Gasteiger partial charge in [-0.15, -0.1) is 0 Å². The van der Waals surface area contributed by atoms with Crippen LogP contribution in [0.4, 0.5) is 5.82 Å². The number of likely N-dealkylation sites (N-methyl/N-ethyl adjacent to an activating group) is 1. The maximum Gasteiger partial charge on any atom is 0.229 e. The molecule has 0 aliphatic rings. The van der Waals surface area contributed by atoms with Crippen molar-refractivity contribution in [3.63, 3.8) is 0 Å². The first-order chi connectivity index (χ1) is 12.0. The van der Waals surface area contributed by atoms with Crippen LogP contribution in [0.5, 0.6) is 0 Å². The molecule has 3 rings (SSSR count). The highest BCUT2D eigenvalue weighted by molar-refractivity contribution is 5.86. The molecule has 0 spiro atoms. The summed E-state index contributed by atoms with van der Waals surface area (Å²) in [7, 11) is 3.93. The number of hydrogen-bond acceptors (Lipinski definition) is 7. The Balaban J connectivity index is 1.81. The summed E-state index contributed by atoms with van der Waals surface area (Å²) in [6, 6.07) is 0. The fraction of sp³-hybridized carbons (Fsp3) is 0.588. The van der Waals surface area contributed by atoms with Gasteiger partial charge in [-0.2, -0.15) is 10.1 Å². The second kappa shape index (κ2) is 7.16. The predicted molar refractivity (Wildman–Crippen MR) is 95.7 cm³/mol. The highest BCUT2D eigenvalue weighted by atomic mass is 16.5. The van der Waals surface area contributed by atoms with Crippen molar-refractivity contribution in [1.82, 2.24) is 29.9 Å². The lowest BCUT2D eigenvalue weighted by Crippen LogP contribution is -2.23. The number of anilines is 1. The molecule has 0 saturated heterocycles. The number of nitrogens with zero attached hydrogens (tertiary/aromatic N) is 7. The smallest absolute Gasteiger partial charge is 0.229 e. The van der Waals surface area contributed by atoms with Crippen LogP contribution in [0.3, 0.4) is 0 Å². The lowest BCUT2D eigenvalue weighted by molar-refractivity contribution is 0.360. The molecule has 0 atom stereocenters. The Morgan fingerprint density at radius 1 is 1.16 bits per heavy atom. The van der Waals surface area contributed by atoms with Gasteiger partial charge in [0.1, 0.15) is 11.6 Å². The number of hydrogen-bond donors (Lipinski definition) is 0. The van der Waals surface area contributed by atoms with Crippen LogP contribution in [0.25, 0.3) is 11.0 Å². The summed E-state index contributed by atoms with van der Waals surface area (Å²) in [4.78, 5) is 15.9. The maximum absolute atomic E-state index is 5.27. The van der Waals surface area contributed by atoms with Crippen LogP contribution in [0.15, 0.2) is 10.7 Å². The number of aryl methyl sites for hydroxylation is 2. The zero-order chi connectivity index (χ0) is 18.0. The molecule has 0 radical (unpaired) electrons. The summed E-state index contributed by atoms with van der Waals surface area (Å²) in [5.41, 5.74) is 0.863. The Kier molecular flexibility index (Phi) is 4.96. The van der Waals surface area contributed by atoms with Crippen molar-refractivity contribution in [2.45, 2.75) is 46.0 Å². The molecule has 0 unspecified atom stereocenters. The molecule has 0 saturated carbocycles. The van der Waals surface area contributed by atoms with Crippen molar-refractivity contribution in [1.29, 1.82) is 0 Å². The van der Waals surface area contributed by atoms with Gasteiger partial charge in [0.2, 0.25) is 5.89 Å². The minimum absolute atomic E-state index is 0.243. The topological polar surface area (TPSA) is 85.8 Å². The van der Waals surface area contributed by atoms with Crippen molar-refractivity contribution >= 4 is 16.9 Å². The Labute approximate surface area is 147 Å². The highest BCUT2D eigenvalue weighted by Gasteiger charge is 2.16. The minimum Gasteiger partial charge on any atom is -0.359 e. The Bertz CT molecular complexity index is 852. The van der Waals surface area contributed by atoms with E-state index in [0.717, 1.165) is 47.9 Å². The standard InChI is InChI=1S/C17H25N7O/c1-6-7-13-19-15(12-10-18-24(5)16(12)20-13)23(4)9-8-14-21-17(11(2)3)25-22-14/h10-11H,6-9H2,1-5H3. The minimum atomic E-state index is 0.243. The lowest BCUT2D eigenvalue weighted by atomic mass is 10.2. The average Bonchev–Trinajstić information content (AvgIpc) is 3.20. The Morgan fingerprint density at radius 2 is 1.96 bits per heavy atom. The Morgan fingerprint density at radius 3 is 2.64 bits per heavy atom. The molecule has 0 fully saturated rings. The molecule has 0 aliphatic heterocycles. The van der Waals surface area contributed by atoms with Crippen LogP contribution in [0, 0.1) is 0 Å². The van der Waals surface area contributed by atoms with E-state index < -0.39 is 0 Å². The van der Waals surface area contributed by atoms with Gasteiger partial charge in [-0.25, -0.2) is 9.97 Å². The summed E-state index contributed by atoms with van der Waals surface area (Å²) in [5.74, 6) is 3.39. The van der Waals surface area contributed by atoms with Crippen LogP contribution in [-0.2, 0) is 19.9 Å². The van der Waals surface area contributed by atoms with Gasteiger partial charge in [0.25, 0.3) is 0 Å². The molecule has 0 bridgehead atoms. The van der Waals surface area contributed by atoms with Gasteiger partial charge < -0.3 is 9.42 Å². The largest absolute Gasteiger partial charge is 0.359 e. The van der Waals surface area contributed by atoms with Crippen molar-refractivity contribution in [2.75, 3.05) is 18.5 Å². The first kappa shape index (κ1) is 17.3. The van der Waals surface area contributed by atoms with Gasteiger partial charge in [0.05, 0.1) is 11.6 Å². The second-order valence-corrected chi connectivity index (χ2v) is 6.59. The van der Waals surface area contributed by atoms with E-state index in [-0.39, 0.29) is 5.92 Å². The number of rotatable bonds is 7. The summed E-state index contributed by atoms with van der Waals surface area (Å²) in [6.07, 6.45) is 4.38. The number of fused-ring (bicyclic) bond motifs is 1. The van der Waals surface area contributed by atoms with Crippen molar-refractivity contribution in [3.05, 3.63) is 23.7 Å². The van der Waals surface area contributed by atoms with Gasteiger partial charge in [-0.3, -0.25) is 4.68 Å². The van der Waals surface area contributed by atoms with Crippen LogP contribution >= 0.6 is 0 Å². The van der Waals surface area contributed by atoms with E-state index in [1.165, 1.54) is 0 Å². The Hall–Kier alpha value is -2.51. The van der Waals surface area contributed by atoms with E-state index in [9.17, 15) is 0 Å². The van der Waals surface area contributed by atoms with Crippen LogP contribution < -0.4 is 4.90 Å². The zero-order valence-electron chi connectivity index (χ0n) is 15.5. The zero-order valence-corrected chi connectivity index (χ0v) is 15.5. The third-order valence-corrected chi connectivity index (χ3v) is 4.10. The molecular formula is C17H25N7O. The first-order valence-corrected chi connectivity index (χ1v) is 8.71. The predicted octanol–water partition coefficient (Wildman–Crippen LogP) is 2.50. The van der Waals surface area contributed by atoms with E-state index in [1.807, 2.05) is 34.1 Å². The fourth-order valence-electron chi connectivity index (χ4n) is 2.65. The molecule has 3 aromatic rings. The van der Waals surface area contributed by atoms with E-state index >= 15 is 0 Å². The quantitative estimate of drug-likeness (QED) is 0.651. The summed E-state index contributed by atoms with van der Waals surface area (Å²) in [5, 5.41) is 9.34. The van der Waals surface area contributed by atoms with Gasteiger partial charge in [0.15, 0.2) is 11.5 Å². The summed E-state index contributed by atoms with van der Waals surface area (Å²) in [6.45, 7) is 6.95. The molecule has 8 heteroatoms. The van der Waals surface area contributed by atoms with Crippen LogP contribution in [0.1, 0.15) is 50.6 Å². The maximum atomic E-state index is 5.27. The van der Waals surface area contributed by atoms with Crippen LogP contribution in [0.2, 0.25) is 0 Å². The van der Waals surface area contributed by atoms with Crippen molar-refractivity contribution in [3.8, 4) is 0 Å². The average molecular weight is 343 g/mol. The molecule has 0 aromatic carbocycles. The third-order valence-electron chi connectivity index (χ3n) is 4.10. The van der Waals surface area contributed by atoms with Gasteiger partial charge in [0, 0.05) is 39.4 Å². The van der Waals surface area contributed by atoms with Crippen molar-refractivity contribution in [2.24, 2.45) is 7.05 Å². The molecule has 0 aliphatic carbocycles. The molecular weight excluding hydrogens is 318 g/mol. The monoisotopic (exact) mass is 343 g/mol. The second-order valence-electron chi connectivity index (χ2n) is 6.59. The third kappa shape index (κ3) is 3.62. The molecule has 3 aromatic heterocycles. The van der Waals surface area contributed by atoms with E-state index in [2.05, 4.69) is 32.0 Å². The fourth-order valence-corrected chi connectivity index (χ4v) is 2.65. The molecule has 0 N–H and O–H groups in total. The van der Waals surface area contributed by atoms with Gasteiger partial charge in [-0.05, 0) is 6.42 Å². The molecule has 3 heterocycles. The van der Waals surface area contributed by atoms with Gasteiger partial charge in [-0.1, -0.05) is 25.9 Å². The van der Waals surface area contributed by atoms with E-state index in [0.29, 0.717) is 12.3 Å². The van der Waals surface area contributed by atoms with Crippen LogP contribution in [-0.4, -0.2) is 43.5 Å². The van der Waals surface area contributed by atoms with Crippen molar-refractivity contribution < 1.29 is 4.52 Å². The molecule has 25 heavy (non-hydrogen) atoms. The summed E-state index contributed by atoms with van der Waals surface area (Å²) >= 11 is 0. The number of aromatic nitrogens is 6.